The molecular formula is C13H13ClN4O3. The topological polar surface area (TPSA) is 99.4 Å². The SMILES string of the molecule is COc1cc(N)c(C(=O)Nc2cc(Cl)ncn2)cc1OC. The van der Waals surface area contributed by atoms with Crippen molar-refractivity contribution in [3.63, 3.8) is 0 Å². The number of carbonyl (C=O) groups excluding carboxylic acids is 1. The van der Waals surface area contributed by atoms with E-state index in [2.05, 4.69) is 15.3 Å². The van der Waals surface area contributed by atoms with Crippen LogP contribution < -0.4 is 20.5 Å². The van der Waals surface area contributed by atoms with E-state index in [4.69, 9.17) is 26.8 Å². The number of benzene rings is 1. The third kappa shape index (κ3) is 3.32. The number of halogens is 1. The van der Waals surface area contributed by atoms with Gasteiger partial charge in [0.25, 0.3) is 5.91 Å². The molecule has 1 heterocycles. The third-order valence-corrected chi connectivity index (χ3v) is 2.88. The first-order chi connectivity index (χ1) is 10.0. The van der Waals surface area contributed by atoms with Crippen molar-refractivity contribution in [2.75, 3.05) is 25.3 Å². The summed E-state index contributed by atoms with van der Waals surface area (Å²) < 4.78 is 10.3. The number of amides is 1. The molecule has 21 heavy (non-hydrogen) atoms. The summed E-state index contributed by atoms with van der Waals surface area (Å²) in [6, 6.07) is 4.43. The average Bonchev–Trinajstić information content (AvgIpc) is 2.46. The van der Waals surface area contributed by atoms with Crippen LogP contribution in [0.5, 0.6) is 11.5 Å². The second kappa shape index (κ2) is 6.27. The Balaban J connectivity index is 2.31. The van der Waals surface area contributed by atoms with Crippen LogP contribution in [0.25, 0.3) is 0 Å². The maximum Gasteiger partial charge on any atom is 0.259 e. The number of ether oxygens (including phenoxy) is 2. The van der Waals surface area contributed by atoms with Crippen LogP contribution in [0, 0.1) is 0 Å². The number of anilines is 2. The number of hydrogen-bond acceptors (Lipinski definition) is 6. The highest BCUT2D eigenvalue weighted by Crippen LogP contribution is 2.32. The van der Waals surface area contributed by atoms with Crippen LogP contribution in [0.4, 0.5) is 11.5 Å². The first-order valence-corrected chi connectivity index (χ1v) is 6.23. The molecule has 0 saturated carbocycles. The molecule has 0 aliphatic carbocycles. The van der Waals surface area contributed by atoms with E-state index in [0.29, 0.717) is 11.5 Å². The molecule has 1 aromatic heterocycles. The number of nitrogens with two attached hydrogens (primary N) is 1. The normalized spacial score (nSPS) is 10.0. The van der Waals surface area contributed by atoms with Gasteiger partial charge in [0.1, 0.15) is 17.3 Å². The van der Waals surface area contributed by atoms with Crippen molar-refractivity contribution in [2.24, 2.45) is 0 Å². The van der Waals surface area contributed by atoms with E-state index in [1.54, 1.807) is 0 Å². The lowest BCUT2D eigenvalue weighted by Gasteiger charge is -2.12. The lowest BCUT2D eigenvalue weighted by Crippen LogP contribution is -2.15. The Kier molecular flexibility index (Phi) is 4.44. The monoisotopic (exact) mass is 308 g/mol. The van der Waals surface area contributed by atoms with E-state index >= 15 is 0 Å². The number of aromatic nitrogens is 2. The second-order valence-electron chi connectivity index (χ2n) is 3.97. The Morgan fingerprint density at radius 2 is 1.86 bits per heavy atom. The Morgan fingerprint density at radius 1 is 1.19 bits per heavy atom. The number of hydrogen-bond donors (Lipinski definition) is 2. The van der Waals surface area contributed by atoms with Crippen LogP contribution >= 0.6 is 11.6 Å². The predicted octanol–water partition coefficient (Wildman–Crippen LogP) is 1.98. The molecule has 0 aliphatic heterocycles. The van der Waals surface area contributed by atoms with Gasteiger partial charge in [-0.3, -0.25) is 4.79 Å². The fourth-order valence-electron chi connectivity index (χ4n) is 1.68. The quantitative estimate of drug-likeness (QED) is 0.662. The lowest BCUT2D eigenvalue weighted by atomic mass is 10.1. The Hall–Kier alpha value is -2.54. The zero-order chi connectivity index (χ0) is 15.4. The number of rotatable bonds is 4. The number of nitrogens with zero attached hydrogens (tertiary/aromatic N) is 2. The zero-order valence-corrected chi connectivity index (χ0v) is 12.1. The van der Waals surface area contributed by atoms with Crippen LogP contribution in [-0.4, -0.2) is 30.1 Å². The van der Waals surface area contributed by atoms with Gasteiger partial charge in [0, 0.05) is 17.8 Å². The molecule has 0 radical (unpaired) electrons. The average molecular weight is 309 g/mol. The van der Waals surface area contributed by atoms with Gasteiger partial charge in [0.15, 0.2) is 11.5 Å². The van der Waals surface area contributed by atoms with Crippen molar-refractivity contribution in [1.29, 1.82) is 0 Å². The van der Waals surface area contributed by atoms with Gasteiger partial charge in [0.2, 0.25) is 0 Å². The maximum atomic E-state index is 12.2. The summed E-state index contributed by atoms with van der Waals surface area (Å²) in [4.78, 5) is 19.8. The zero-order valence-electron chi connectivity index (χ0n) is 11.4. The molecule has 0 spiro atoms. The molecule has 0 aliphatic rings. The standard InChI is InChI=1S/C13H13ClN4O3/c1-20-9-3-7(8(15)4-10(9)21-2)13(19)18-12-5-11(14)16-6-17-12/h3-6H,15H2,1-2H3,(H,16,17,18,19). The Morgan fingerprint density at radius 3 is 2.48 bits per heavy atom. The molecular weight excluding hydrogens is 296 g/mol. The summed E-state index contributed by atoms with van der Waals surface area (Å²) in [5.74, 6) is 0.673. The highest BCUT2D eigenvalue weighted by Gasteiger charge is 2.16. The largest absolute Gasteiger partial charge is 0.493 e. The van der Waals surface area contributed by atoms with E-state index in [1.807, 2.05) is 0 Å². The summed E-state index contributed by atoms with van der Waals surface area (Å²) in [5.41, 5.74) is 6.34. The number of methoxy groups -OCH3 is 2. The van der Waals surface area contributed by atoms with Crippen LogP contribution in [0.1, 0.15) is 10.4 Å². The van der Waals surface area contributed by atoms with Gasteiger partial charge in [-0.15, -0.1) is 0 Å². The second-order valence-corrected chi connectivity index (χ2v) is 4.36. The van der Waals surface area contributed by atoms with Gasteiger partial charge in [-0.1, -0.05) is 11.6 Å². The fraction of sp³-hybridized carbons (Fsp3) is 0.154. The third-order valence-electron chi connectivity index (χ3n) is 2.68. The van der Waals surface area contributed by atoms with E-state index in [0.717, 1.165) is 0 Å². The molecule has 2 rings (SSSR count). The molecule has 8 heteroatoms. The van der Waals surface area contributed by atoms with Crippen LogP contribution in [0.15, 0.2) is 24.5 Å². The summed E-state index contributed by atoms with van der Waals surface area (Å²) in [6.07, 6.45) is 1.25. The van der Waals surface area contributed by atoms with Gasteiger partial charge in [-0.25, -0.2) is 9.97 Å². The molecule has 3 N–H and O–H groups in total. The molecule has 0 fully saturated rings. The van der Waals surface area contributed by atoms with Gasteiger partial charge in [-0.05, 0) is 6.07 Å². The summed E-state index contributed by atoms with van der Waals surface area (Å²) in [6.45, 7) is 0. The van der Waals surface area contributed by atoms with E-state index in [9.17, 15) is 4.79 Å². The number of nitrogens with one attached hydrogen (secondary N) is 1. The Bertz CT molecular complexity index is 678. The van der Waals surface area contributed by atoms with Crippen molar-refractivity contribution in [3.05, 3.63) is 35.2 Å². The lowest BCUT2D eigenvalue weighted by molar-refractivity contribution is 0.102. The van der Waals surface area contributed by atoms with E-state index in [1.165, 1.54) is 38.7 Å². The molecule has 0 bridgehead atoms. The highest BCUT2D eigenvalue weighted by molar-refractivity contribution is 6.29. The van der Waals surface area contributed by atoms with Crippen molar-refractivity contribution in [3.8, 4) is 11.5 Å². The van der Waals surface area contributed by atoms with Gasteiger partial charge in [-0.2, -0.15) is 0 Å². The predicted molar refractivity (Wildman–Crippen MR) is 79.0 cm³/mol. The van der Waals surface area contributed by atoms with Crippen molar-refractivity contribution in [2.45, 2.75) is 0 Å². The summed E-state index contributed by atoms with van der Waals surface area (Å²) in [7, 11) is 2.96. The molecule has 0 unspecified atom stereocenters. The molecule has 0 saturated heterocycles. The molecule has 7 nitrogen and oxygen atoms in total. The maximum absolute atomic E-state index is 12.2. The van der Waals surface area contributed by atoms with Crippen molar-refractivity contribution in [1.82, 2.24) is 9.97 Å². The van der Waals surface area contributed by atoms with Crippen LogP contribution in [0.3, 0.4) is 0 Å². The minimum absolute atomic E-state index is 0.223. The van der Waals surface area contributed by atoms with Crippen LogP contribution in [-0.2, 0) is 0 Å². The minimum Gasteiger partial charge on any atom is -0.493 e. The molecule has 1 aromatic carbocycles. The van der Waals surface area contributed by atoms with Gasteiger partial charge in [0.05, 0.1) is 19.8 Å². The Labute approximate surface area is 126 Å². The molecule has 110 valence electrons. The summed E-state index contributed by atoms with van der Waals surface area (Å²) >= 11 is 5.73. The van der Waals surface area contributed by atoms with Crippen molar-refractivity contribution >= 4 is 29.0 Å². The van der Waals surface area contributed by atoms with Gasteiger partial charge >= 0.3 is 0 Å². The fourth-order valence-corrected chi connectivity index (χ4v) is 1.82. The minimum atomic E-state index is -0.441. The molecule has 1 amide bonds. The molecule has 2 aromatic rings. The summed E-state index contributed by atoms with van der Waals surface area (Å²) in [5, 5.41) is 2.80. The number of nitrogen functional groups attached to an aromatic ring is 1. The van der Waals surface area contributed by atoms with Crippen LogP contribution in [0.2, 0.25) is 5.15 Å². The first kappa shape index (κ1) is 14.9. The highest BCUT2D eigenvalue weighted by atomic mass is 35.5. The van der Waals surface area contributed by atoms with E-state index in [-0.39, 0.29) is 22.2 Å². The first-order valence-electron chi connectivity index (χ1n) is 5.85. The number of carbonyl (C=O) groups is 1. The van der Waals surface area contributed by atoms with E-state index < -0.39 is 5.91 Å². The van der Waals surface area contributed by atoms with Crippen molar-refractivity contribution < 1.29 is 14.3 Å². The smallest absolute Gasteiger partial charge is 0.259 e. The van der Waals surface area contributed by atoms with Gasteiger partial charge < -0.3 is 20.5 Å². The molecule has 0 atom stereocenters.